The molecule has 0 aliphatic rings. The lowest BCUT2D eigenvalue weighted by molar-refractivity contribution is -0.385. The molecule has 0 radical (unpaired) electrons. The standard InChI is InChI=1S/C12H16N2O4/c1-3-18-8-7-13-12(15)10-5-4-6-11(9(10)2)14(16)17/h4-6H,3,7-8H2,1-2H3,(H,13,15). The highest BCUT2D eigenvalue weighted by Crippen LogP contribution is 2.20. The molecular weight excluding hydrogens is 236 g/mol. The van der Waals surface area contributed by atoms with Crippen LogP contribution in [0.3, 0.4) is 0 Å². The third kappa shape index (κ3) is 3.53. The molecule has 0 saturated heterocycles. The molecule has 0 heterocycles. The first-order valence-corrected chi connectivity index (χ1v) is 5.67. The second-order valence-electron chi connectivity index (χ2n) is 3.66. The fraction of sp³-hybridized carbons (Fsp3) is 0.417. The van der Waals surface area contributed by atoms with Crippen molar-refractivity contribution in [1.82, 2.24) is 5.32 Å². The molecule has 0 spiro atoms. The average Bonchev–Trinajstić information content (AvgIpc) is 2.34. The van der Waals surface area contributed by atoms with Crippen LogP contribution in [0.5, 0.6) is 0 Å². The first kappa shape index (κ1) is 14.1. The van der Waals surface area contributed by atoms with E-state index in [-0.39, 0.29) is 11.6 Å². The van der Waals surface area contributed by atoms with Gasteiger partial charge in [0.15, 0.2) is 0 Å². The predicted molar refractivity (Wildman–Crippen MR) is 66.7 cm³/mol. The molecule has 18 heavy (non-hydrogen) atoms. The molecule has 0 aliphatic heterocycles. The van der Waals surface area contributed by atoms with Crippen LogP contribution in [0.25, 0.3) is 0 Å². The minimum atomic E-state index is -0.494. The zero-order valence-electron chi connectivity index (χ0n) is 10.4. The van der Waals surface area contributed by atoms with Crippen LogP contribution < -0.4 is 5.32 Å². The van der Waals surface area contributed by atoms with Crippen LogP contribution in [0, 0.1) is 17.0 Å². The maximum absolute atomic E-state index is 11.8. The fourth-order valence-corrected chi connectivity index (χ4v) is 1.54. The summed E-state index contributed by atoms with van der Waals surface area (Å²) in [5.41, 5.74) is 0.643. The molecule has 1 amide bonds. The summed E-state index contributed by atoms with van der Waals surface area (Å²) in [4.78, 5) is 22.1. The summed E-state index contributed by atoms with van der Waals surface area (Å²) >= 11 is 0. The Morgan fingerprint density at radius 2 is 2.22 bits per heavy atom. The van der Waals surface area contributed by atoms with Gasteiger partial charge in [-0.15, -0.1) is 0 Å². The van der Waals surface area contributed by atoms with Gasteiger partial charge in [0.1, 0.15) is 0 Å². The number of benzene rings is 1. The van der Waals surface area contributed by atoms with E-state index in [0.29, 0.717) is 30.9 Å². The molecule has 6 heteroatoms. The van der Waals surface area contributed by atoms with Crippen LogP contribution in [-0.4, -0.2) is 30.6 Å². The zero-order chi connectivity index (χ0) is 13.5. The number of nitrogens with one attached hydrogen (secondary N) is 1. The maximum Gasteiger partial charge on any atom is 0.273 e. The second-order valence-corrected chi connectivity index (χ2v) is 3.66. The minimum Gasteiger partial charge on any atom is -0.380 e. The molecule has 1 aromatic carbocycles. The minimum absolute atomic E-state index is 0.0486. The summed E-state index contributed by atoms with van der Waals surface area (Å²) in [6.45, 7) is 4.83. The number of carbonyl (C=O) groups excluding carboxylic acids is 1. The molecule has 0 saturated carbocycles. The van der Waals surface area contributed by atoms with Gasteiger partial charge in [-0.05, 0) is 19.9 Å². The normalized spacial score (nSPS) is 10.1. The molecular formula is C12H16N2O4. The highest BCUT2D eigenvalue weighted by molar-refractivity contribution is 5.96. The van der Waals surface area contributed by atoms with Crippen LogP contribution in [0.15, 0.2) is 18.2 Å². The van der Waals surface area contributed by atoms with Crippen molar-refractivity contribution in [1.29, 1.82) is 0 Å². The fourth-order valence-electron chi connectivity index (χ4n) is 1.54. The van der Waals surface area contributed by atoms with Crippen LogP contribution >= 0.6 is 0 Å². The zero-order valence-corrected chi connectivity index (χ0v) is 10.4. The molecule has 0 aromatic heterocycles. The van der Waals surface area contributed by atoms with E-state index in [4.69, 9.17) is 4.74 Å². The smallest absolute Gasteiger partial charge is 0.273 e. The van der Waals surface area contributed by atoms with Crippen LogP contribution in [0.2, 0.25) is 0 Å². The Labute approximate surface area is 105 Å². The summed E-state index contributed by atoms with van der Waals surface area (Å²) in [6.07, 6.45) is 0. The molecule has 1 rings (SSSR count). The topological polar surface area (TPSA) is 81.5 Å². The lowest BCUT2D eigenvalue weighted by atomic mass is 10.1. The van der Waals surface area contributed by atoms with Gasteiger partial charge in [-0.3, -0.25) is 14.9 Å². The molecule has 0 bridgehead atoms. The van der Waals surface area contributed by atoms with E-state index in [1.54, 1.807) is 13.0 Å². The number of nitrogens with zero attached hydrogens (tertiary/aromatic N) is 1. The van der Waals surface area contributed by atoms with Gasteiger partial charge in [0, 0.05) is 30.3 Å². The van der Waals surface area contributed by atoms with Gasteiger partial charge in [0.2, 0.25) is 0 Å². The first-order chi connectivity index (χ1) is 8.57. The van der Waals surface area contributed by atoms with E-state index in [0.717, 1.165) is 0 Å². The van der Waals surface area contributed by atoms with Gasteiger partial charge in [0.05, 0.1) is 11.5 Å². The molecule has 0 unspecified atom stereocenters. The SMILES string of the molecule is CCOCCNC(=O)c1cccc([N+](=O)[O-])c1C. The third-order valence-electron chi connectivity index (χ3n) is 2.48. The van der Waals surface area contributed by atoms with E-state index in [2.05, 4.69) is 5.32 Å². The Morgan fingerprint density at radius 1 is 1.50 bits per heavy atom. The summed E-state index contributed by atoms with van der Waals surface area (Å²) in [5, 5.41) is 13.4. The van der Waals surface area contributed by atoms with E-state index in [1.807, 2.05) is 6.92 Å². The quantitative estimate of drug-likeness (QED) is 0.474. The Morgan fingerprint density at radius 3 is 2.83 bits per heavy atom. The van der Waals surface area contributed by atoms with Crippen LogP contribution in [0.1, 0.15) is 22.8 Å². The van der Waals surface area contributed by atoms with Gasteiger partial charge >= 0.3 is 0 Å². The number of nitro groups is 1. The van der Waals surface area contributed by atoms with Crippen LogP contribution in [-0.2, 0) is 4.74 Å². The summed E-state index contributed by atoms with van der Waals surface area (Å²) in [6, 6.07) is 4.45. The van der Waals surface area contributed by atoms with Gasteiger partial charge in [-0.25, -0.2) is 0 Å². The molecule has 1 N–H and O–H groups in total. The van der Waals surface area contributed by atoms with Crippen molar-refractivity contribution in [3.05, 3.63) is 39.4 Å². The number of hydrogen-bond donors (Lipinski definition) is 1. The molecule has 1 aromatic rings. The number of amides is 1. The molecule has 0 aliphatic carbocycles. The summed E-state index contributed by atoms with van der Waals surface area (Å²) < 4.78 is 5.09. The number of hydrogen-bond acceptors (Lipinski definition) is 4. The first-order valence-electron chi connectivity index (χ1n) is 5.67. The van der Waals surface area contributed by atoms with Gasteiger partial charge in [0.25, 0.3) is 11.6 Å². The largest absolute Gasteiger partial charge is 0.380 e. The summed E-state index contributed by atoms with van der Waals surface area (Å²) in [7, 11) is 0. The number of nitro benzene ring substituents is 1. The van der Waals surface area contributed by atoms with Crippen molar-refractivity contribution in [2.45, 2.75) is 13.8 Å². The van der Waals surface area contributed by atoms with Crippen molar-refractivity contribution in [3.63, 3.8) is 0 Å². The maximum atomic E-state index is 11.8. The Bertz CT molecular complexity index is 446. The monoisotopic (exact) mass is 252 g/mol. The lowest BCUT2D eigenvalue weighted by Gasteiger charge is -2.07. The van der Waals surface area contributed by atoms with Crippen molar-refractivity contribution in [2.24, 2.45) is 0 Å². The van der Waals surface area contributed by atoms with E-state index >= 15 is 0 Å². The van der Waals surface area contributed by atoms with Crippen molar-refractivity contribution in [3.8, 4) is 0 Å². The second kappa shape index (κ2) is 6.70. The molecule has 0 fully saturated rings. The molecule has 0 atom stereocenters. The van der Waals surface area contributed by atoms with Gasteiger partial charge < -0.3 is 10.1 Å². The lowest BCUT2D eigenvalue weighted by Crippen LogP contribution is -2.28. The third-order valence-corrected chi connectivity index (χ3v) is 2.48. The number of rotatable bonds is 6. The van der Waals surface area contributed by atoms with Crippen molar-refractivity contribution in [2.75, 3.05) is 19.8 Å². The Balaban J connectivity index is 2.74. The van der Waals surface area contributed by atoms with Gasteiger partial charge in [-0.2, -0.15) is 0 Å². The predicted octanol–water partition coefficient (Wildman–Crippen LogP) is 1.67. The van der Waals surface area contributed by atoms with Crippen LogP contribution in [0.4, 0.5) is 5.69 Å². The molecule has 6 nitrogen and oxygen atoms in total. The Kier molecular flexibility index (Phi) is 5.26. The number of ether oxygens (including phenoxy) is 1. The molecule has 98 valence electrons. The Hall–Kier alpha value is -1.95. The highest BCUT2D eigenvalue weighted by atomic mass is 16.6. The van der Waals surface area contributed by atoms with Crippen molar-refractivity contribution >= 4 is 11.6 Å². The van der Waals surface area contributed by atoms with Crippen molar-refractivity contribution < 1.29 is 14.5 Å². The van der Waals surface area contributed by atoms with Gasteiger partial charge in [-0.1, -0.05) is 6.07 Å². The number of carbonyl (C=O) groups is 1. The van der Waals surface area contributed by atoms with E-state index < -0.39 is 4.92 Å². The van der Waals surface area contributed by atoms with E-state index in [1.165, 1.54) is 12.1 Å². The summed E-state index contributed by atoms with van der Waals surface area (Å²) in [5.74, 6) is -0.323. The average molecular weight is 252 g/mol. The highest BCUT2D eigenvalue weighted by Gasteiger charge is 2.17. The van der Waals surface area contributed by atoms with E-state index in [9.17, 15) is 14.9 Å².